The molecule has 0 radical (unpaired) electrons. The fraction of sp³-hybridized carbons (Fsp3) is 0.444. The molecule has 1 heterocycles. The predicted octanol–water partition coefficient (Wildman–Crippen LogP) is 1.84. The van der Waals surface area contributed by atoms with Crippen LogP contribution >= 0.6 is 11.3 Å². The van der Waals surface area contributed by atoms with Gasteiger partial charge in [0.25, 0.3) is 0 Å². The molecule has 0 unspecified atom stereocenters. The molecule has 3 heteroatoms. The van der Waals surface area contributed by atoms with Crippen molar-refractivity contribution in [3.63, 3.8) is 0 Å². The highest BCUT2D eigenvalue weighted by atomic mass is 32.1. The van der Waals surface area contributed by atoms with Gasteiger partial charge in [-0.2, -0.15) is 0 Å². The van der Waals surface area contributed by atoms with E-state index in [2.05, 4.69) is 0 Å². The monoisotopic (exact) mass is 183 g/mol. The van der Waals surface area contributed by atoms with Crippen LogP contribution in [0.3, 0.4) is 0 Å². The summed E-state index contributed by atoms with van der Waals surface area (Å²) in [5.74, 6) is 0. The van der Waals surface area contributed by atoms with Gasteiger partial charge in [0.15, 0.2) is 6.29 Å². The van der Waals surface area contributed by atoms with Gasteiger partial charge in [-0.3, -0.25) is 4.79 Å². The first-order chi connectivity index (χ1) is 5.86. The van der Waals surface area contributed by atoms with Gasteiger partial charge in [0.1, 0.15) is 0 Å². The van der Waals surface area contributed by atoms with E-state index in [1.54, 1.807) is 11.3 Å². The second kappa shape index (κ2) is 5.06. The fourth-order valence-corrected chi connectivity index (χ4v) is 1.91. The molecule has 2 N–H and O–H groups in total. The third-order valence-corrected chi connectivity index (χ3v) is 2.75. The molecule has 0 amide bonds. The topological polar surface area (TPSA) is 43.1 Å². The number of nitrogens with two attached hydrogens (primary N) is 1. The Hall–Kier alpha value is -0.670. The minimum atomic E-state index is 0.756. The smallest absolute Gasteiger partial charge is 0.160 e. The minimum absolute atomic E-state index is 0.756. The lowest BCUT2D eigenvalue weighted by Gasteiger charge is -1.94. The average molecular weight is 183 g/mol. The van der Waals surface area contributed by atoms with E-state index < -0.39 is 0 Å². The molecule has 0 bridgehead atoms. The Morgan fingerprint density at radius 1 is 1.42 bits per heavy atom. The fourth-order valence-electron chi connectivity index (χ4n) is 1.04. The van der Waals surface area contributed by atoms with Crippen LogP contribution in [-0.4, -0.2) is 12.8 Å². The largest absolute Gasteiger partial charge is 0.330 e. The van der Waals surface area contributed by atoms with Crippen molar-refractivity contribution in [2.45, 2.75) is 19.3 Å². The molecule has 1 aromatic rings. The Kier molecular flexibility index (Phi) is 3.97. The van der Waals surface area contributed by atoms with Crippen molar-refractivity contribution in [3.05, 3.63) is 21.9 Å². The summed E-state index contributed by atoms with van der Waals surface area (Å²) in [5, 5.41) is 0. The molecule has 1 aromatic heterocycles. The first-order valence-corrected chi connectivity index (χ1v) is 4.92. The molecular formula is C9H13NOS. The SMILES string of the molecule is NCCCCc1ccc(C=O)s1. The summed E-state index contributed by atoms with van der Waals surface area (Å²) in [4.78, 5) is 12.4. The first-order valence-electron chi connectivity index (χ1n) is 4.11. The van der Waals surface area contributed by atoms with E-state index in [0.717, 1.165) is 37.0 Å². The second-order valence-corrected chi connectivity index (χ2v) is 3.87. The van der Waals surface area contributed by atoms with Crippen molar-refractivity contribution >= 4 is 17.6 Å². The summed E-state index contributed by atoms with van der Waals surface area (Å²) >= 11 is 1.57. The summed E-state index contributed by atoms with van der Waals surface area (Å²) in [6.45, 7) is 0.756. The number of hydrogen-bond donors (Lipinski definition) is 1. The first kappa shape index (κ1) is 9.42. The van der Waals surface area contributed by atoms with Gasteiger partial charge >= 0.3 is 0 Å². The van der Waals surface area contributed by atoms with Crippen LogP contribution in [0.4, 0.5) is 0 Å². The van der Waals surface area contributed by atoms with Gasteiger partial charge in [0, 0.05) is 4.88 Å². The highest BCUT2D eigenvalue weighted by molar-refractivity contribution is 7.13. The van der Waals surface area contributed by atoms with Crippen molar-refractivity contribution in [2.75, 3.05) is 6.54 Å². The third-order valence-electron chi connectivity index (χ3n) is 1.68. The summed E-state index contributed by atoms with van der Waals surface area (Å²) in [5.41, 5.74) is 5.37. The Bertz CT molecular complexity index is 244. The molecular weight excluding hydrogens is 170 g/mol. The van der Waals surface area contributed by atoms with Gasteiger partial charge in [0.2, 0.25) is 0 Å². The lowest BCUT2D eigenvalue weighted by atomic mass is 10.2. The Morgan fingerprint density at radius 3 is 2.83 bits per heavy atom. The average Bonchev–Trinajstić information content (AvgIpc) is 2.53. The molecule has 2 nitrogen and oxygen atoms in total. The Labute approximate surface area is 76.4 Å². The zero-order valence-corrected chi connectivity index (χ0v) is 7.77. The molecule has 0 aliphatic carbocycles. The maximum atomic E-state index is 10.3. The number of carbonyl (C=O) groups is 1. The number of rotatable bonds is 5. The molecule has 0 aromatic carbocycles. The van der Waals surface area contributed by atoms with E-state index in [1.807, 2.05) is 12.1 Å². The normalized spacial score (nSPS) is 10.1. The van der Waals surface area contributed by atoms with Crippen LogP contribution in [0.2, 0.25) is 0 Å². The molecule has 0 saturated carbocycles. The summed E-state index contributed by atoms with van der Waals surface area (Å²) in [6, 6.07) is 3.89. The van der Waals surface area contributed by atoms with Crippen LogP contribution in [0.5, 0.6) is 0 Å². The molecule has 1 rings (SSSR count). The van der Waals surface area contributed by atoms with Gasteiger partial charge in [-0.15, -0.1) is 11.3 Å². The maximum absolute atomic E-state index is 10.3. The lowest BCUT2D eigenvalue weighted by Crippen LogP contribution is -1.98. The van der Waals surface area contributed by atoms with Crippen molar-refractivity contribution in [3.8, 4) is 0 Å². The van der Waals surface area contributed by atoms with Crippen molar-refractivity contribution < 1.29 is 4.79 Å². The van der Waals surface area contributed by atoms with Gasteiger partial charge in [-0.1, -0.05) is 0 Å². The van der Waals surface area contributed by atoms with Crippen molar-refractivity contribution in [1.29, 1.82) is 0 Å². The number of unbranched alkanes of at least 4 members (excludes halogenated alkanes) is 1. The van der Waals surface area contributed by atoms with Crippen molar-refractivity contribution in [2.24, 2.45) is 5.73 Å². The molecule has 66 valence electrons. The van der Waals surface area contributed by atoms with Crippen LogP contribution in [0, 0.1) is 0 Å². The quantitative estimate of drug-likeness (QED) is 0.559. The maximum Gasteiger partial charge on any atom is 0.160 e. The van der Waals surface area contributed by atoms with E-state index in [9.17, 15) is 4.79 Å². The van der Waals surface area contributed by atoms with Crippen molar-refractivity contribution in [1.82, 2.24) is 0 Å². The number of aryl methyl sites for hydroxylation is 1. The van der Waals surface area contributed by atoms with Gasteiger partial charge in [-0.25, -0.2) is 0 Å². The molecule has 0 fully saturated rings. The van der Waals surface area contributed by atoms with E-state index >= 15 is 0 Å². The standard InChI is InChI=1S/C9H13NOS/c10-6-2-1-3-8-4-5-9(7-11)12-8/h4-5,7H,1-3,6,10H2. The van der Waals surface area contributed by atoms with E-state index in [1.165, 1.54) is 4.88 Å². The summed E-state index contributed by atoms with van der Waals surface area (Å²) < 4.78 is 0. The van der Waals surface area contributed by atoms with E-state index in [4.69, 9.17) is 5.73 Å². The van der Waals surface area contributed by atoms with Crippen LogP contribution in [0.25, 0.3) is 0 Å². The molecule has 0 spiro atoms. The molecule has 12 heavy (non-hydrogen) atoms. The zero-order valence-electron chi connectivity index (χ0n) is 6.95. The number of carbonyl (C=O) groups excluding carboxylic acids is 1. The van der Waals surface area contributed by atoms with Gasteiger partial charge < -0.3 is 5.73 Å². The van der Waals surface area contributed by atoms with Crippen LogP contribution in [-0.2, 0) is 6.42 Å². The summed E-state index contributed by atoms with van der Waals surface area (Å²) in [6.07, 6.45) is 4.14. The Balaban J connectivity index is 2.36. The van der Waals surface area contributed by atoms with Gasteiger partial charge in [0.05, 0.1) is 4.88 Å². The minimum Gasteiger partial charge on any atom is -0.330 e. The zero-order chi connectivity index (χ0) is 8.81. The number of hydrogen-bond acceptors (Lipinski definition) is 3. The molecule has 0 aliphatic heterocycles. The highest BCUT2D eigenvalue weighted by Crippen LogP contribution is 2.16. The third kappa shape index (κ3) is 2.75. The van der Waals surface area contributed by atoms with E-state index in [-0.39, 0.29) is 0 Å². The number of aldehydes is 1. The lowest BCUT2D eigenvalue weighted by molar-refractivity contribution is 0.112. The second-order valence-electron chi connectivity index (χ2n) is 2.67. The molecule has 0 saturated heterocycles. The van der Waals surface area contributed by atoms with E-state index in [0.29, 0.717) is 0 Å². The van der Waals surface area contributed by atoms with Crippen LogP contribution in [0.15, 0.2) is 12.1 Å². The molecule has 0 aliphatic rings. The van der Waals surface area contributed by atoms with Gasteiger partial charge in [-0.05, 0) is 37.9 Å². The molecule has 0 atom stereocenters. The van der Waals surface area contributed by atoms with Crippen LogP contribution < -0.4 is 5.73 Å². The Morgan fingerprint density at radius 2 is 2.25 bits per heavy atom. The van der Waals surface area contributed by atoms with Crippen LogP contribution in [0.1, 0.15) is 27.4 Å². The predicted molar refractivity (Wildman–Crippen MR) is 51.7 cm³/mol. The highest BCUT2D eigenvalue weighted by Gasteiger charge is 1.97. The summed E-state index contributed by atoms with van der Waals surface area (Å²) in [7, 11) is 0. The number of thiophene rings is 1.